The van der Waals surface area contributed by atoms with E-state index in [4.69, 9.17) is 9.47 Å². The fourth-order valence-electron chi connectivity index (χ4n) is 2.01. The maximum Gasteiger partial charge on any atom is 0.270 e. The molecule has 3 rings (SSSR count). The minimum atomic E-state index is -0.191. The number of amides is 1. The van der Waals surface area contributed by atoms with Gasteiger partial charge < -0.3 is 14.8 Å². The highest BCUT2D eigenvalue weighted by molar-refractivity contribution is 7.20. The standard InChI is InChI=1S/C17H16N2O3S2/c1-21-12-4-2-5-13(10-12)22-8-7-18-16(20)14-11-24-17(19-14)15-6-3-9-23-15/h2-6,9-11H,7-8H2,1H3,(H,18,20). The lowest BCUT2D eigenvalue weighted by molar-refractivity contribution is 0.0942. The van der Waals surface area contributed by atoms with Crippen LogP contribution in [0.4, 0.5) is 0 Å². The molecule has 0 unspecified atom stereocenters. The van der Waals surface area contributed by atoms with Crippen molar-refractivity contribution in [2.45, 2.75) is 0 Å². The third-order valence-corrected chi connectivity index (χ3v) is 5.05. The summed E-state index contributed by atoms with van der Waals surface area (Å²) < 4.78 is 10.7. The van der Waals surface area contributed by atoms with E-state index in [-0.39, 0.29) is 5.91 Å². The van der Waals surface area contributed by atoms with Gasteiger partial charge in [-0.2, -0.15) is 0 Å². The number of ether oxygens (including phenoxy) is 2. The fourth-order valence-corrected chi connectivity index (χ4v) is 3.62. The van der Waals surface area contributed by atoms with E-state index in [2.05, 4.69) is 10.3 Å². The molecular formula is C17H16N2O3S2. The van der Waals surface area contributed by atoms with Crippen LogP contribution in [-0.4, -0.2) is 31.2 Å². The minimum Gasteiger partial charge on any atom is -0.497 e. The minimum absolute atomic E-state index is 0.191. The van der Waals surface area contributed by atoms with Gasteiger partial charge in [-0.3, -0.25) is 4.79 Å². The summed E-state index contributed by atoms with van der Waals surface area (Å²) in [5.41, 5.74) is 0.435. The SMILES string of the molecule is COc1cccc(OCCNC(=O)c2csc(-c3cccs3)n2)c1. The summed E-state index contributed by atoms with van der Waals surface area (Å²) in [6.45, 7) is 0.780. The van der Waals surface area contributed by atoms with Crippen LogP contribution in [0.3, 0.4) is 0 Å². The second kappa shape index (κ2) is 7.94. The van der Waals surface area contributed by atoms with Crippen LogP contribution in [0.25, 0.3) is 9.88 Å². The molecule has 2 heterocycles. The van der Waals surface area contributed by atoms with Crippen LogP contribution in [0.5, 0.6) is 11.5 Å². The molecule has 0 bridgehead atoms. The second-order valence-corrected chi connectivity index (χ2v) is 6.60. The number of nitrogens with one attached hydrogen (secondary N) is 1. The highest BCUT2D eigenvalue weighted by Gasteiger charge is 2.11. The number of hydrogen-bond donors (Lipinski definition) is 1. The number of methoxy groups -OCH3 is 1. The van der Waals surface area contributed by atoms with Crippen LogP contribution in [0.15, 0.2) is 47.2 Å². The lowest BCUT2D eigenvalue weighted by atomic mass is 10.3. The van der Waals surface area contributed by atoms with Crippen molar-refractivity contribution in [3.05, 3.63) is 52.9 Å². The van der Waals surface area contributed by atoms with Crippen LogP contribution in [0.2, 0.25) is 0 Å². The summed E-state index contributed by atoms with van der Waals surface area (Å²) in [6, 6.07) is 11.3. The smallest absolute Gasteiger partial charge is 0.270 e. The molecule has 0 radical (unpaired) electrons. The molecule has 0 aliphatic carbocycles. The highest BCUT2D eigenvalue weighted by Crippen LogP contribution is 2.27. The van der Waals surface area contributed by atoms with Gasteiger partial charge in [-0.15, -0.1) is 22.7 Å². The van der Waals surface area contributed by atoms with E-state index >= 15 is 0 Å². The molecule has 1 amide bonds. The number of aromatic nitrogens is 1. The molecule has 0 fully saturated rings. The van der Waals surface area contributed by atoms with Crippen LogP contribution >= 0.6 is 22.7 Å². The van der Waals surface area contributed by atoms with Gasteiger partial charge in [-0.25, -0.2) is 4.98 Å². The van der Waals surface area contributed by atoms with Crippen molar-refractivity contribution < 1.29 is 14.3 Å². The molecule has 0 aliphatic rings. The van der Waals surface area contributed by atoms with Gasteiger partial charge in [0.05, 0.1) is 18.5 Å². The fraction of sp³-hybridized carbons (Fsp3) is 0.176. The first-order chi connectivity index (χ1) is 11.8. The zero-order valence-corrected chi connectivity index (χ0v) is 14.7. The summed E-state index contributed by atoms with van der Waals surface area (Å²) in [5.74, 6) is 1.25. The topological polar surface area (TPSA) is 60.5 Å². The quantitative estimate of drug-likeness (QED) is 0.653. The summed E-state index contributed by atoms with van der Waals surface area (Å²) >= 11 is 3.08. The number of thiophene rings is 1. The van der Waals surface area contributed by atoms with Gasteiger partial charge in [0.1, 0.15) is 28.8 Å². The maximum atomic E-state index is 12.1. The molecule has 0 aliphatic heterocycles. The first-order valence-corrected chi connectivity index (χ1v) is 9.06. The third-order valence-electron chi connectivity index (χ3n) is 3.17. The van der Waals surface area contributed by atoms with E-state index in [1.807, 2.05) is 35.7 Å². The number of hydrogen-bond acceptors (Lipinski definition) is 6. The molecule has 2 aromatic heterocycles. The zero-order chi connectivity index (χ0) is 16.8. The summed E-state index contributed by atoms with van der Waals surface area (Å²) in [4.78, 5) is 17.5. The first kappa shape index (κ1) is 16.5. The summed E-state index contributed by atoms with van der Waals surface area (Å²) in [7, 11) is 1.61. The Morgan fingerprint density at radius 3 is 2.88 bits per heavy atom. The number of thiazole rings is 1. The van der Waals surface area contributed by atoms with Gasteiger partial charge in [0.15, 0.2) is 0 Å². The summed E-state index contributed by atoms with van der Waals surface area (Å²) in [5, 5.41) is 7.44. The number of rotatable bonds is 7. The van der Waals surface area contributed by atoms with Crippen molar-refractivity contribution in [1.82, 2.24) is 10.3 Å². The average Bonchev–Trinajstić information content (AvgIpc) is 3.29. The van der Waals surface area contributed by atoms with E-state index in [1.54, 1.807) is 29.9 Å². The predicted molar refractivity (Wildman–Crippen MR) is 96.2 cm³/mol. The molecule has 7 heteroatoms. The molecule has 1 N–H and O–H groups in total. The van der Waals surface area contributed by atoms with Crippen LogP contribution in [0.1, 0.15) is 10.5 Å². The van der Waals surface area contributed by atoms with Crippen LogP contribution in [0, 0.1) is 0 Å². The molecule has 24 heavy (non-hydrogen) atoms. The monoisotopic (exact) mass is 360 g/mol. The normalized spacial score (nSPS) is 10.4. The van der Waals surface area contributed by atoms with E-state index in [0.29, 0.717) is 24.6 Å². The Labute approximate surface area is 147 Å². The average molecular weight is 360 g/mol. The number of nitrogens with zero attached hydrogens (tertiary/aromatic N) is 1. The van der Waals surface area contributed by atoms with Crippen molar-refractivity contribution >= 4 is 28.6 Å². The maximum absolute atomic E-state index is 12.1. The van der Waals surface area contributed by atoms with Gasteiger partial charge >= 0.3 is 0 Å². The van der Waals surface area contributed by atoms with Gasteiger partial charge in [-0.05, 0) is 23.6 Å². The molecule has 0 spiro atoms. The third kappa shape index (κ3) is 4.12. The molecular weight excluding hydrogens is 344 g/mol. The van der Waals surface area contributed by atoms with Crippen molar-refractivity contribution in [2.24, 2.45) is 0 Å². The van der Waals surface area contributed by atoms with E-state index in [1.165, 1.54) is 11.3 Å². The Kier molecular flexibility index (Phi) is 5.45. The van der Waals surface area contributed by atoms with Gasteiger partial charge in [0.25, 0.3) is 5.91 Å². The molecule has 0 atom stereocenters. The van der Waals surface area contributed by atoms with Gasteiger partial charge in [0, 0.05) is 11.4 Å². The Hall–Kier alpha value is -2.38. The van der Waals surface area contributed by atoms with Crippen molar-refractivity contribution in [1.29, 1.82) is 0 Å². The summed E-state index contributed by atoms with van der Waals surface area (Å²) in [6.07, 6.45) is 0. The number of carbonyl (C=O) groups excluding carboxylic acids is 1. The zero-order valence-electron chi connectivity index (χ0n) is 13.0. The first-order valence-electron chi connectivity index (χ1n) is 7.31. The van der Waals surface area contributed by atoms with Crippen LogP contribution in [-0.2, 0) is 0 Å². The molecule has 0 saturated heterocycles. The molecule has 3 aromatic rings. The molecule has 124 valence electrons. The Morgan fingerprint density at radius 2 is 2.08 bits per heavy atom. The van der Waals surface area contributed by atoms with Gasteiger partial charge in [-0.1, -0.05) is 12.1 Å². The molecule has 5 nitrogen and oxygen atoms in total. The van der Waals surface area contributed by atoms with E-state index in [9.17, 15) is 4.79 Å². The lowest BCUT2D eigenvalue weighted by Crippen LogP contribution is -2.28. The van der Waals surface area contributed by atoms with Crippen LogP contribution < -0.4 is 14.8 Å². The van der Waals surface area contributed by atoms with E-state index in [0.717, 1.165) is 15.6 Å². The van der Waals surface area contributed by atoms with Crippen molar-refractivity contribution in [3.63, 3.8) is 0 Å². The largest absolute Gasteiger partial charge is 0.497 e. The highest BCUT2D eigenvalue weighted by atomic mass is 32.1. The Balaban J connectivity index is 1.47. The lowest BCUT2D eigenvalue weighted by Gasteiger charge is -2.08. The number of benzene rings is 1. The van der Waals surface area contributed by atoms with E-state index < -0.39 is 0 Å². The molecule has 0 saturated carbocycles. The van der Waals surface area contributed by atoms with Crippen molar-refractivity contribution in [2.75, 3.05) is 20.3 Å². The molecule has 1 aromatic carbocycles. The Morgan fingerprint density at radius 1 is 1.21 bits per heavy atom. The van der Waals surface area contributed by atoms with Gasteiger partial charge in [0.2, 0.25) is 0 Å². The number of carbonyl (C=O) groups is 1. The Bertz CT molecular complexity index is 800. The second-order valence-electron chi connectivity index (χ2n) is 4.80. The predicted octanol–water partition coefficient (Wildman–Crippen LogP) is 3.69. The van der Waals surface area contributed by atoms with Crippen molar-refractivity contribution in [3.8, 4) is 21.4 Å².